The first kappa shape index (κ1) is 15.7. The summed E-state index contributed by atoms with van der Waals surface area (Å²) in [6.45, 7) is 0.337. The molecule has 0 radical (unpaired) electrons. The molecule has 0 amide bonds. The lowest BCUT2D eigenvalue weighted by Crippen LogP contribution is -1.96. The van der Waals surface area contributed by atoms with Gasteiger partial charge in [-0.25, -0.2) is 0 Å². The predicted octanol–water partition coefficient (Wildman–Crippen LogP) is 5.76. The summed E-state index contributed by atoms with van der Waals surface area (Å²) in [5, 5.41) is 9.96. The minimum Gasteiger partial charge on any atom is -0.487 e. The van der Waals surface area contributed by atoms with E-state index in [9.17, 15) is 0 Å². The van der Waals surface area contributed by atoms with Crippen LogP contribution >= 0.6 is 34.8 Å². The van der Waals surface area contributed by atoms with E-state index in [1.165, 1.54) is 6.08 Å². The molecule has 0 bridgehead atoms. The number of benzene rings is 2. The first-order valence-corrected chi connectivity index (χ1v) is 7.16. The normalized spacial score (nSPS) is 10.6. The Labute approximate surface area is 138 Å². The van der Waals surface area contributed by atoms with Gasteiger partial charge in [0.25, 0.3) is 0 Å². The first-order chi connectivity index (χ1) is 10.1. The largest absolute Gasteiger partial charge is 0.487 e. The Morgan fingerprint density at radius 1 is 1.00 bits per heavy atom. The summed E-state index contributed by atoms with van der Waals surface area (Å²) in [7, 11) is 0. The highest BCUT2D eigenvalue weighted by Gasteiger charge is 2.04. The smallest absolute Gasteiger partial charge is 0.138 e. The molecular formula is C16H10Cl3NO. The Morgan fingerprint density at radius 2 is 1.81 bits per heavy atom. The van der Waals surface area contributed by atoms with Gasteiger partial charge < -0.3 is 4.74 Å². The van der Waals surface area contributed by atoms with E-state index in [4.69, 9.17) is 44.8 Å². The minimum absolute atomic E-state index is 0.337. The van der Waals surface area contributed by atoms with Crippen LogP contribution in [0.3, 0.4) is 0 Å². The number of rotatable bonds is 4. The maximum atomic E-state index is 8.49. The van der Waals surface area contributed by atoms with E-state index in [1.54, 1.807) is 30.3 Å². The highest BCUT2D eigenvalue weighted by atomic mass is 35.5. The number of allylic oxidation sites excluding steroid dienone is 1. The minimum atomic E-state index is 0.337. The van der Waals surface area contributed by atoms with Gasteiger partial charge in [-0.3, -0.25) is 0 Å². The van der Waals surface area contributed by atoms with Gasteiger partial charge >= 0.3 is 0 Å². The molecule has 0 saturated heterocycles. The van der Waals surface area contributed by atoms with Crippen molar-refractivity contribution in [3.8, 4) is 11.8 Å². The fourth-order valence-corrected chi connectivity index (χ4v) is 2.23. The Hall–Kier alpha value is -1.66. The lowest BCUT2D eigenvalue weighted by molar-refractivity contribution is 0.306. The van der Waals surface area contributed by atoms with Crippen LogP contribution in [0.25, 0.3) is 6.08 Å². The van der Waals surface area contributed by atoms with Crippen LogP contribution < -0.4 is 4.74 Å². The summed E-state index contributed by atoms with van der Waals surface area (Å²) in [6, 6.07) is 12.6. The zero-order valence-corrected chi connectivity index (χ0v) is 13.1. The maximum Gasteiger partial charge on any atom is 0.138 e. The summed E-state index contributed by atoms with van der Waals surface area (Å²) in [6.07, 6.45) is 3.07. The molecule has 0 fully saturated rings. The summed E-state index contributed by atoms with van der Waals surface area (Å²) < 4.78 is 5.65. The Kier molecular flexibility index (Phi) is 5.52. The standard InChI is InChI=1S/C16H10Cl3NO/c17-13-5-3-12(9-14(13)18)10-21-16-6-4-11(2-1-7-20)8-15(16)19/h1-6,8-9H,10H2/b2-1+. The Morgan fingerprint density at radius 3 is 2.48 bits per heavy atom. The third-order valence-corrected chi connectivity index (χ3v) is 3.72. The van der Waals surface area contributed by atoms with Crippen LogP contribution in [0.1, 0.15) is 11.1 Å². The molecule has 0 atom stereocenters. The van der Waals surface area contributed by atoms with Crippen LogP contribution in [0, 0.1) is 11.3 Å². The molecule has 0 unspecified atom stereocenters. The van der Waals surface area contributed by atoms with E-state index in [1.807, 2.05) is 18.2 Å². The molecule has 0 saturated carbocycles. The van der Waals surface area contributed by atoms with E-state index in [0.717, 1.165) is 11.1 Å². The fraction of sp³-hybridized carbons (Fsp3) is 0.0625. The average Bonchev–Trinajstić information content (AvgIpc) is 2.47. The quantitative estimate of drug-likeness (QED) is 0.664. The lowest BCUT2D eigenvalue weighted by Gasteiger charge is -2.09. The molecule has 5 heteroatoms. The van der Waals surface area contributed by atoms with Gasteiger partial charge in [0.1, 0.15) is 12.4 Å². The number of nitrogens with zero attached hydrogens (tertiary/aromatic N) is 1. The monoisotopic (exact) mass is 337 g/mol. The van der Waals surface area contributed by atoms with Crippen LogP contribution in [-0.2, 0) is 6.61 Å². The van der Waals surface area contributed by atoms with Gasteiger partial charge in [0, 0.05) is 6.08 Å². The van der Waals surface area contributed by atoms with Crippen LogP contribution in [0.15, 0.2) is 42.5 Å². The predicted molar refractivity (Wildman–Crippen MR) is 86.9 cm³/mol. The molecule has 2 aromatic rings. The zero-order valence-electron chi connectivity index (χ0n) is 10.8. The molecular weight excluding hydrogens is 329 g/mol. The molecule has 2 rings (SSSR count). The van der Waals surface area contributed by atoms with Crippen LogP contribution in [-0.4, -0.2) is 0 Å². The van der Waals surface area contributed by atoms with Crippen molar-refractivity contribution < 1.29 is 4.74 Å². The highest BCUT2D eigenvalue weighted by molar-refractivity contribution is 6.42. The summed E-state index contributed by atoms with van der Waals surface area (Å²) in [5.41, 5.74) is 1.73. The van der Waals surface area contributed by atoms with Gasteiger partial charge in [-0.05, 0) is 41.5 Å². The van der Waals surface area contributed by atoms with Crippen molar-refractivity contribution in [1.29, 1.82) is 5.26 Å². The van der Waals surface area contributed by atoms with Crippen molar-refractivity contribution in [2.24, 2.45) is 0 Å². The SMILES string of the molecule is N#C/C=C/c1ccc(OCc2ccc(Cl)c(Cl)c2)c(Cl)c1. The van der Waals surface area contributed by atoms with E-state index in [2.05, 4.69) is 0 Å². The van der Waals surface area contributed by atoms with E-state index >= 15 is 0 Å². The van der Waals surface area contributed by atoms with Crippen molar-refractivity contribution in [3.05, 3.63) is 68.7 Å². The highest BCUT2D eigenvalue weighted by Crippen LogP contribution is 2.28. The van der Waals surface area contributed by atoms with Gasteiger partial charge in [0.15, 0.2) is 0 Å². The topological polar surface area (TPSA) is 33.0 Å². The molecule has 0 aliphatic heterocycles. The summed E-state index contributed by atoms with van der Waals surface area (Å²) >= 11 is 17.9. The van der Waals surface area contributed by atoms with Crippen molar-refractivity contribution >= 4 is 40.9 Å². The van der Waals surface area contributed by atoms with Crippen molar-refractivity contribution in [3.63, 3.8) is 0 Å². The molecule has 0 aliphatic carbocycles. The van der Waals surface area contributed by atoms with Gasteiger partial charge in [0.05, 0.1) is 21.1 Å². The second-order valence-corrected chi connectivity index (χ2v) is 5.41. The first-order valence-electron chi connectivity index (χ1n) is 6.02. The fourth-order valence-electron chi connectivity index (χ4n) is 1.66. The molecule has 106 valence electrons. The Balaban J connectivity index is 2.08. The number of nitriles is 1. The van der Waals surface area contributed by atoms with Crippen molar-refractivity contribution in [2.45, 2.75) is 6.61 Å². The van der Waals surface area contributed by atoms with Crippen LogP contribution in [0.4, 0.5) is 0 Å². The molecule has 0 aromatic heterocycles. The molecule has 2 nitrogen and oxygen atoms in total. The number of halogens is 3. The Bertz CT molecular complexity index is 720. The third-order valence-electron chi connectivity index (χ3n) is 2.68. The lowest BCUT2D eigenvalue weighted by atomic mass is 10.2. The second kappa shape index (κ2) is 7.38. The molecule has 0 N–H and O–H groups in total. The number of hydrogen-bond donors (Lipinski definition) is 0. The van der Waals surface area contributed by atoms with Crippen molar-refractivity contribution in [1.82, 2.24) is 0 Å². The van der Waals surface area contributed by atoms with Crippen LogP contribution in [0.5, 0.6) is 5.75 Å². The van der Waals surface area contributed by atoms with Gasteiger partial charge in [0.2, 0.25) is 0 Å². The summed E-state index contributed by atoms with van der Waals surface area (Å²) in [4.78, 5) is 0. The molecule has 0 spiro atoms. The number of hydrogen-bond acceptors (Lipinski definition) is 2. The van der Waals surface area contributed by atoms with Crippen molar-refractivity contribution in [2.75, 3.05) is 0 Å². The zero-order chi connectivity index (χ0) is 15.2. The van der Waals surface area contributed by atoms with Gasteiger partial charge in [-0.2, -0.15) is 5.26 Å². The van der Waals surface area contributed by atoms with Gasteiger partial charge in [-0.15, -0.1) is 0 Å². The molecule has 21 heavy (non-hydrogen) atoms. The van der Waals surface area contributed by atoms with E-state index in [0.29, 0.717) is 27.4 Å². The molecule has 0 aliphatic rings. The third kappa shape index (κ3) is 4.41. The average molecular weight is 339 g/mol. The van der Waals surface area contributed by atoms with E-state index < -0.39 is 0 Å². The summed E-state index contributed by atoms with van der Waals surface area (Å²) in [5.74, 6) is 0.567. The number of ether oxygens (including phenoxy) is 1. The molecule has 2 aromatic carbocycles. The van der Waals surface area contributed by atoms with Gasteiger partial charge in [-0.1, -0.05) is 46.9 Å². The second-order valence-electron chi connectivity index (χ2n) is 4.19. The van der Waals surface area contributed by atoms with Crippen LogP contribution in [0.2, 0.25) is 15.1 Å². The molecule has 0 heterocycles. The maximum absolute atomic E-state index is 8.49. The van der Waals surface area contributed by atoms with E-state index in [-0.39, 0.29) is 0 Å².